The minimum Gasteiger partial charge on any atom is -0.397 e. The number of carbonyl (C=O) groups excluding carboxylic acids is 1. The lowest BCUT2D eigenvalue weighted by atomic mass is 10.2. The highest BCUT2D eigenvalue weighted by Crippen LogP contribution is 2.22. The van der Waals surface area contributed by atoms with Gasteiger partial charge in [0.05, 0.1) is 11.4 Å². The summed E-state index contributed by atoms with van der Waals surface area (Å²) in [4.78, 5) is 11.2. The van der Waals surface area contributed by atoms with Gasteiger partial charge in [-0.1, -0.05) is 11.6 Å². The largest absolute Gasteiger partial charge is 0.397 e. The summed E-state index contributed by atoms with van der Waals surface area (Å²) >= 11 is 5.77. The van der Waals surface area contributed by atoms with Crippen LogP contribution < -0.4 is 16.4 Å². The number of rotatable bonds is 5. The molecule has 4 N–H and O–H groups in total. The van der Waals surface area contributed by atoms with Gasteiger partial charge in [0, 0.05) is 24.5 Å². The van der Waals surface area contributed by atoms with E-state index in [1.807, 2.05) is 6.92 Å². The molecule has 0 saturated heterocycles. The number of benzene rings is 1. The maximum atomic E-state index is 11.2. The summed E-state index contributed by atoms with van der Waals surface area (Å²) in [5.74, 6) is 0.0301. The van der Waals surface area contributed by atoms with Gasteiger partial charge in [-0.25, -0.2) is 0 Å². The van der Waals surface area contributed by atoms with E-state index < -0.39 is 0 Å². The molecule has 0 saturated carbocycles. The van der Waals surface area contributed by atoms with Crippen molar-refractivity contribution in [1.29, 1.82) is 0 Å². The molecule has 0 bridgehead atoms. The number of nitrogen functional groups attached to an aromatic ring is 1. The van der Waals surface area contributed by atoms with Crippen LogP contribution in [0.5, 0.6) is 0 Å². The molecular weight excluding hydrogens is 226 g/mol. The van der Waals surface area contributed by atoms with Gasteiger partial charge >= 0.3 is 0 Å². The second kappa shape index (κ2) is 6.23. The van der Waals surface area contributed by atoms with Gasteiger partial charge < -0.3 is 16.4 Å². The third-order valence-electron chi connectivity index (χ3n) is 2.06. The molecule has 0 radical (unpaired) electrons. The Bertz CT molecular complexity index is 368. The Kier molecular flexibility index (Phi) is 4.92. The van der Waals surface area contributed by atoms with Crippen LogP contribution in [0.1, 0.15) is 13.3 Å². The summed E-state index contributed by atoms with van der Waals surface area (Å²) < 4.78 is 0. The van der Waals surface area contributed by atoms with E-state index in [4.69, 9.17) is 17.3 Å². The fraction of sp³-hybridized carbons (Fsp3) is 0.364. The molecule has 0 fully saturated rings. The highest BCUT2D eigenvalue weighted by molar-refractivity contribution is 6.31. The number of hydrogen-bond acceptors (Lipinski definition) is 3. The van der Waals surface area contributed by atoms with Crippen molar-refractivity contribution in [2.24, 2.45) is 0 Å². The van der Waals surface area contributed by atoms with Crippen LogP contribution in [-0.2, 0) is 4.79 Å². The second-order valence-electron chi connectivity index (χ2n) is 3.36. The molecule has 4 nitrogen and oxygen atoms in total. The van der Waals surface area contributed by atoms with Crippen molar-refractivity contribution in [3.05, 3.63) is 23.2 Å². The quantitative estimate of drug-likeness (QED) is 0.690. The Morgan fingerprint density at radius 1 is 1.50 bits per heavy atom. The van der Waals surface area contributed by atoms with E-state index in [0.717, 1.165) is 5.69 Å². The fourth-order valence-electron chi connectivity index (χ4n) is 1.29. The zero-order chi connectivity index (χ0) is 12.0. The zero-order valence-corrected chi connectivity index (χ0v) is 9.97. The summed E-state index contributed by atoms with van der Waals surface area (Å²) in [5, 5.41) is 6.41. The molecule has 16 heavy (non-hydrogen) atoms. The van der Waals surface area contributed by atoms with Gasteiger partial charge in [-0.05, 0) is 25.1 Å². The van der Waals surface area contributed by atoms with Gasteiger partial charge in [-0.3, -0.25) is 4.79 Å². The first-order valence-corrected chi connectivity index (χ1v) is 5.57. The molecule has 1 aromatic rings. The number of amides is 1. The van der Waals surface area contributed by atoms with Crippen LogP contribution in [0.3, 0.4) is 0 Å². The Hall–Kier alpha value is -1.42. The number of anilines is 2. The van der Waals surface area contributed by atoms with Crippen molar-refractivity contribution in [2.75, 3.05) is 24.1 Å². The third-order valence-corrected chi connectivity index (χ3v) is 2.29. The van der Waals surface area contributed by atoms with E-state index in [1.54, 1.807) is 18.2 Å². The number of nitrogens with one attached hydrogen (secondary N) is 2. The predicted octanol–water partition coefficient (Wildman–Crippen LogP) is 1.86. The standard InChI is InChI=1S/C11H16ClN3O/c1-2-14-11(16)5-6-15-10-4-3-8(12)7-9(10)13/h3-4,7,15H,2,5-6,13H2,1H3,(H,14,16). The van der Waals surface area contributed by atoms with Crippen molar-refractivity contribution in [1.82, 2.24) is 5.32 Å². The third kappa shape index (κ3) is 3.98. The molecular formula is C11H16ClN3O. The summed E-state index contributed by atoms with van der Waals surface area (Å²) in [6.45, 7) is 3.10. The molecule has 0 aromatic heterocycles. The van der Waals surface area contributed by atoms with Gasteiger partial charge in [0.1, 0.15) is 0 Å². The molecule has 0 unspecified atom stereocenters. The average Bonchev–Trinajstić information content (AvgIpc) is 2.22. The molecule has 0 aliphatic rings. The molecule has 0 spiro atoms. The maximum Gasteiger partial charge on any atom is 0.221 e. The second-order valence-corrected chi connectivity index (χ2v) is 3.80. The minimum atomic E-state index is 0.0301. The molecule has 0 aliphatic heterocycles. The number of hydrogen-bond donors (Lipinski definition) is 3. The van der Waals surface area contributed by atoms with Gasteiger partial charge in [-0.15, -0.1) is 0 Å². The summed E-state index contributed by atoms with van der Waals surface area (Å²) in [7, 11) is 0. The van der Waals surface area contributed by atoms with Gasteiger partial charge in [0.2, 0.25) is 5.91 Å². The molecule has 0 aliphatic carbocycles. The number of carbonyl (C=O) groups is 1. The first-order valence-electron chi connectivity index (χ1n) is 5.19. The van der Waals surface area contributed by atoms with E-state index >= 15 is 0 Å². The average molecular weight is 242 g/mol. The van der Waals surface area contributed by atoms with Crippen molar-refractivity contribution in [3.63, 3.8) is 0 Å². The van der Waals surface area contributed by atoms with Crippen molar-refractivity contribution >= 4 is 28.9 Å². The Morgan fingerprint density at radius 2 is 2.25 bits per heavy atom. The Morgan fingerprint density at radius 3 is 2.88 bits per heavy atom. The molecule has 88 valence electrons. The van der Waals surface area contributed by atoms with Crippen molar-refractivity contribution < 1.29 is 4.79 Å². The van der Waals surface area contributed by atoms with Crippen LogP contribution in [0.15, 0.2) is 18.2 Å². The van der Waals surface area contributed by atoms with E-state index in [0.29, 0.717) is 30.2 Å². The normalized spacial score (nSPS) is 9.88. The summed E-state index contributed by atoms with van der Waals surface area (Å²) in [6, 6.07) is 5.23. The van der Waals surface area contributed by atoms with Crippen LogP contribution in [-0.4, -0.2) is 19.0 Å². The first kappa shape index (κ1) is 12.6. The lowest BCUT2D eigenvalue weighted by Gasteiger charge is -2.09. The van der Waals surface area contributed by atoms with Crippen LogP contribution in [0, 0.1) is 0 Å². The first-order chi connectivity index (χ1) is 7.63. The molecule has 0 atom stereocenters. The molecule has 1 rings (SSSR count). The molecule has 5 heteroatoms. The van der Waals surface area contributed by atoms with Gasteiger partial charge in [0.25, 0.3) is 0 Å². The van der Waals surface area contributed by atoms with Crippen LogP contribution in [0.2, 0.25) is 5.02 Å². The van der Waals surface area contributed by atoms with E-state index in [2.05, 4.69) is 10.6 Å². The van der Waals surface area contributed by atoms with Crippen molar-refractivity contribution in [2.45, 2.75) is 13.3 Å². The smallest absolute Gasteiger partial charge is 0.221 e. The topological polar surface area (TPSA) is 67.2 Å². The summed E-state index contributed by atoms with van der Waals surface area (Å²) in [5.41, 5.74) is 7.14. The predicted molar refractivity (Wildman–Crippen MR) is 67.7 cm³/mol. The highest BCUT2D eigenvalue weighted by Gasteiger charge is 2.01. The molecule has 1 amide bonds. The van der Waals surface area contributed by atoms with E-state index in [1.165, 1.54) is 0 Å². The SMILES string of the molecule is CCNC(=O)CCNc1ccc(Cl)cc1N. The van der Waals surface area contributed by atoms with E-state index in [9.17, 15) is 4.79 Å². The highest BCUT2D eigenvalue weighted by atomic mass is 35.5. The zero-order valence-electron chi connectivity index (χ0n) is 9.22. The van der Waals surface area contributed by atoms with Crippen LogP contribution in [0.25, 0.3) is 0 Å². The minimum absolute atomic E-state index is 0.0301. The van der Waals surface area contributed by atoms with Crippen molar-refractivity contribution in [3.8, 4) is 0 Å². The number of halogens is 1. The van der Waals surface area contributed by atoms with Crippen LogP contribution >= 0.6 is 11.6 Å². The Labute approximate surface area is 100 Å². The maximum absolute atomic E-state index is 11.2. The van der Waals surface area contributed by atoms with Crippen LogP contribution in [0.4, 0.5) is 11.4 Å². The number of nitrogens with two attached hydrogens (primary N) is 1. The lowest BCUT2D eigenvalue weighted by molar-refractivity contribution is -0.120. The summed E-state index contributed by atoms with van der Waals surface area (Å²) in [6.07, 6.45) is 0.426. The lowest BCUT2D eigenvalue weighted by Crippen LogP contribution is -2.24. The molecule has 0 heterocycles. The van der Waals surface area contributed by atoms with Gasteiger partial charge in [-0.2, -0.15) is 0 Å². The van der Waals surface area contributed by atoms with Gasteiger partial charge in [0.15, 0.2) is 0 Å². The van der Waals surface area contributed by atoms with E-state index in [-0.39, 0.29) is 5.91 Å². The Balaban J connectivity index is 2.40. The monoisotopic (exact) mass is 241 g/mol. The molecule has 1 aromatic carbocycles. The fourth-order valence-corrected chi connectivity index (χ4v) is 1.47.